The van der Waals surface area contributed by atoms with Crippen LogP contribution in [0.3, 0.4) is 0 Å². The van der Waals surface area contributed by atoms with Crippen molar-refractivity contribution in [2.45, 2.75) is 25.2 Å². The fraction of sp³-hybridized carbons (Fsp3) is 0.308. The van der Waals surface area contributed by atoms with Gasteiger partial charge in [0.15, 0.2) is 5.69 Å². The molecule has 1 amide bonds. The highest BCUT2D eigenvalue weighted by Crippen LogP contribution is 2.44. The average Bonchev–Trinajstić information content (AvgIpc) is 3.46. The maximum Gasteiger partial charge on any atom is 0.435 e. The lowest BCUT2D eigenvalue weighted by Gasteiger charge is -2.33. The highest BCUT2D eigenvalue weighted by molar-refractivity contribution is 7.12. The van der Waals surface area contributed by atoms with Gasteiger partial charge in [0.25, 0.3) is 0 Å². The number of fused-ring (bicyclic) bond motifs is 1. The van der Waals surface area contributed by atoms with Crippen molar-refractivity contribution in [3.8, 4) is 17.2 Å². The summed E-state index contributed by atoms with van der Waals surface area (Å²) in [5, 5.41) is 22.1. The summed E-state index contributed by atoms with van der Waals surface area (Å²) in [5.41, 5.74) is 0.0957. The van der Waals surface area contributed by atoms with E-state index in [9.17, 15) is 28.0 Å². The van der Waals surface area contributed by atoms with E-state index in [1.807, 2.05) is 19.0 Å². The second-order valence-corrected chi connectivity index (χ2v) is 10.2. The predicted molar refractivity (Wildman–Crippen MR) is 134 cm³/mol. The summed E-state index contributed by atoms with van der Waals surface area (Å²) in [7, 11) is 3.75. The summed E-state index contributed by atoms with van der Waals surface area (Å²) >= 11 is 1.25. The summed E-state index contributed by atoms with van der Waals surface area (Å²) in [4.78, 5) is 28.9. The standard InChI is InChI=1S/C26H24F3N5O3S/c1-32(2)9-5-8-23(35)33-12-20(19-10-16(11-30)38-22(19)14-33)17-6-3-4-7-18(17)21-13-34(15-24(36)37)31-25(21)26(27,28)29/h3-8,10,13,20H,9,12,14-15H2,1-2H3,(H,36,37)/b8-5+/t20-/m0/s1. The molecule has 0 bridgehead atoms. The van der Waals surface area contributed by atoms with Crippen LogP contribution in [0, 0.1) is 11.3 Å². The number of halogens is 3. The molecule has 12 heteroatoms. The van der Waals surface area contributed by atoms with Crippen LogP contribution in [0.5, 0.6) is 0 Å². The molecule has 0 saturated carbocycles. The lowest BCUT2D eigenvalue weighted by atomic mass is 9.83. The molecule has 3 aromatic rings. The number of carboxylic acids is 1. The third-order valence-corrected chi connectivity index (χ3v) is 7.10. The summed E-state index contributed by atoms with van der Waals surface area (Å²) in [6.07, 6.45) is -0.521. The summed E-state index contributed by atoms with van der Waals surface area (Å²) in [6, 6.07) is 10.4. The first kappa shape index (κ1) is 27.1. The van der Waals surface area contributed by atoms with E-state index < -0.39 is 30.3 Å². The number of amides is 1. The van der Waals surface area contributed by atoms with E-state index in [-0.39, 0.29) is 30.1 Å². The van der Waals surface area contributed by atoms with E-state index in [2.05, 4.69) is 11.2 Å². The van der Waals surface area contributed by atoms with Gasteiger partial charge in [0.2, 0.25) is 5.91 Å². The topological polar surface area (TPSA) is 102 Å². The third-order valence-electron chi connectivity index (χ3n) is 6.06. The van der Waals surface area contributed by atoms with Gasteiger partial charge in [-0.15, -0.1) is 11.3 Å². The van der Waals surface area contributed by atoms with Gasteiger partial charge in [-0.3, -0.25) is 14.3 Å². The van der Waals surface area contributed by atoms with Crippen LogP contribution in [0.15, 0.2) is 48.7 Å². The zero-order valence-corrected chi connectivity index (χ0v) is 21.4. The first-order chi connectivity index (χ1) is 18.0. The number of aliphatic carboxylic acids is 1. The monoisotopic (exact) mass is 543 g/mol. The van der Waals surface area contributed by atoms with Gasteiger partial charge in [-0.05, 0) is 36.9 Å². The van der Waals surface area contributed by atoms with Crippen LogP contribution < -0.4 is 0 Å². The summed E-state index contributed by atoms with van der Waals surface area (Å²) in [5.74, 6) is -2.07. The maximum absolute atomic E-state index is 14.0. The number of benzene rings is 1. The number of hydrogen-bond acceptors (Lipinski definition) is 6. The van der Waals surface area contributed by atoms with Gasteiger partial charge in [0.05, 0.1) is 6.54 Å². The molecule has 3 heterocycles. The van der Waals surface area contributed by atoms with Crippen molar-refractivity contribution in [3.63, 3.8) is 0 Å². The Morgan fingerprint density at radius 2 is 2.00 bits per heavy atom. The second-order valence-electron chi connectivity index (χ2n) is 9.10. The fourth-order valence-corrected chi connectivity index (χ4v) is 5.51. The quantitative estimate of drug-likeness (QED) is 0.449. The molecule has 1 atom stereocenters. The molecule has 1 aliphatic rings. The molecule has 0 fully saturated rings. The van der Waals surface area contributed by atoms with Gasteiger partial charge < -0.3 is 14.9 Å². The maximum atomic E-state index is 14.0. The minimum Gasteiger partial charge on any atom is -0.480 e. The second kappa shape index (κ2) is 10.8. The van der Waals surface area contributed by atoms with E-state index in [1.54, 1.807) is 35.2 Å². The Kier molecular flexibility index (Phi) is 7.71. The highest BCUT2D eigenvalue weighted by Gasteiger charge is 2.39. The highest BCUT2D eigenvalue weighted by atomic mass is 32.1. The molecule has 2 aromatic heterocycles. The number of carbonyl (C=O) groups is 2. The zero-order chi connectivity index (χ0) is 27.6. The molecule has 4 rings (SSSR count). The van der Waals surface area contributed by atoms with Crippen LogP contribution in [-0.4, -0.2) is 63.7 Å². The van der Waals surface area contributed by atoms with Crippen molar-refractivity contribution in [2.24, 2.45) is 0 Å². The van der Waals surface area contributed by atoms with Crippen molar-refractivity contribution in [1.29, 1.82) is 5.26 Å². The van der Waals surface area contributed by atoms with Gasteiger partial charge in [0.1, 0.15) is 17.5 Å². The number of thiophene rings is 1. The first-order valence-corrected chi connectivity index (χ1v) is 12.4. The Bertz CT molecular complexity index is 1430. The molecule has 1 N–H and O–H groups in total. The van der Waals surface area contributed by atoms with Crippen molar-refractivity contribution in [2.75, 3.05) is 27.2 Å². The number of nitriles is 1. The molecule has 0 spiro atoms. The molecule has 0 unspecified atom stereocenters. The average molecular weight is 544 g/mol. The van der Waals surface area contributed by atoms with Gasteiger partial charge in [-0.1, -0.05) is 30.3 Å². The summed E-state index contributed by atoms with van der Waals surface area (Å²) in [6.45, 7) is 0.322. The van der Waals surface area contributed by atoms with Crippen LogP contribution in [-0.2, 0) is 28.9 Å². The molecule has 198 valence electrons. The Hall–Kier alpha value is -3.95. The van der Waals surface area contributed by atoms with Gasteiger partial charge in [-0.25, -0.2) is 0 Å². The molecule has 0 radical (unpaired) electrons. The number of nitrogens with zero attached hydrogens (tertiary/aromatic N) is 5. The van der Waals surface area contributed by atoms with Crippen LogP contribution >= 0.6 is 11.3 Å². The van der Waals surface area contributed by atoms with E-state index in [1.165, 1.54) is 23.5 Å². The number of likely N-dealkylation sites (N-methyl/N-ethyl adjacent to an activating group) is 1. The lowest BCUT2D eigenvalue weighted by molar-refractivity contribution is -0.142. The zero-order valence-electron chi connectivity index (χ0n) is 20.6. The largest absolute Gasteiger partial charge is 0.480 e. The molecule has 0 saturated heterocycles. The fourth-order valence-electron chi connectivity index (χ4n) is 4.47. The van der Waals surface area contributed by atoms with E-state index in [4.69, 9.17) is 5.11 Å². The van der Waals surface area contributed by atoms with Crippen LogP contribution in [0.4, 0.5) is 13.2 Å². The molecule has 1 aromatic carbocycles. The Morgan fingerprint density at radius 1 is 1.26 bits per heavy atom. The number of aromatic nitrogens is 2. The van der Waals surface area contributed by atoms with Gasteiger partial charge in [-0.2, -0.15) is 23.5 Å². The molecule has 1 aliphatic heterocycles. The van der Waals surface area contributed by atoms with Crippen LogP contribution in [0.2, 0.25) is 0 Å². The summed E-state index contributed by atoms with van der Waals surface area (Å²) < 4.78 is 42.7. The number of hydrogen-bond donors (Lipinski definition) is 1. The van der Waals surface area contributed by atoms with E-state index in [0.717, 1.165) is 21.3 Å². The van der Waals surface area contributed by atoms with Gasteiger partial charge >= 0.3 is 12.1 Å². The van der Waals surface area contributed by atoms with Crippen molar-refractivity contribution in [1.82, 2.24) is 19.6 Å². The molecule has 8 nitrogen and oxygen atoms in total. The number of rotatable bonds is 7. The molecular weight excluding hydrogens is 519 g/mol. The normalized spacial score (nSPS) is 15.6. The molecule has 0 aliphatic carbocycles. The van der Waals surface area contributed by atoms with Gasteiger partial charge in [0, 0.05) is 41.7 Å². The Balaban J connectivity index is 1.82. The number of carbonyl (C=O) groups excluding carboxylic acids is 1. The van der Waals surface area contributed by atoms with Crippen molar-refractivity contribution in [3.05, 3.63) is 75.3 Å². The first-order valence-electron chi connectivity index (χ1n) is 11.6. The number of alkyl halides is 3. The SMILES string of the molecule is CN(C)C/C=C/C(=O)N1Cc2sc(C#N)cc2[C@H](c2ccccc2-c2cn(CC(=O)O)nc2C(F)(F)F)C1. The van der Waals surface area contributed by atoms with Crippen LogP contribution in [0.1, 0.15) is 32.5 Å². The minimum atomic E-state index is -4.82. The third kappa shape index (κ3) is 5.79. The minimum absolute atomic E-state index is 0.196. The number of carboxylic acid groups (broad SMARTS) is 1. The van der Waals surface area contributed by atoms with E-state index in [0.29, 0.717) is 17.0 Å². The molecular formula is C26H24F3N5O3S. The van der Waals surface area contributed by atoms with Crippen LogP contribution in [0.25, 0.3) is 11.1 Å². The van der Waals surface area contributed by atoms with Crippen molar-refractivity contribution < 1.29 is 27.9 Å². The van der Waals surface area contributed by atoms with Crippen molar-refractivity contribution >= 4 is 23.2 Å². The van der Waals surface area contributed by atoms with E-state index >= 15 is 0 Å². The predicted octanol–water partition coefficient (Wildman–Crippen LogP) is 4.18. The Labute approximate surface area is 220 Å². The smallest absolute Gasteiger partial charge is 0.435 e. The Morgan fingerprint density at radius 3 is 2.66 bits per heavy atom. The molecule has 38 heavy (non-hydrogen) atoms. The lowest BCUT2D eigenvalue weighted by Crippen LogP contribution is -2.37.